The van der Waals surface area contributed by atoms with E-state index in [9.17, 15) is 0 Å². The summed E-state index contributed by atoms with van der Waals surface area (Å²) in [5.74, 6) is 1.16. The number of rotatable bonds is 3. The second kappa shape index (κ2) is 6.32. The first-order valence-electron chi connectivity index (χ1n) is 6.12. The Morgan fingerprint density at radius 1 is 1.44 bits per heavy atom. The van der Waals surface area contributed by atoms with Gasteiger partial charge in [0.05, 0.1) is 24.0 Å². The Bertz CT molecular complexity index is 401. The lowest BCUT2D eigenvalue weighted by molar-refractivity contribution is 0.0693. The third-order valence-electron chi connectivity index (χ3n) is 2.89. The van der Waals surface area contributed by atoms with E-state index < -0.39 is 0 Å². The maximum atomic E-state index is 5.37. The van der Waals surface area contributed by atoms with E-state index in [1.54, 1.807) is 0 Å². The number of thioether (sulfide) groups is 2. The van der Waals surface area contributed by atoms with E-state index in [2.05, 4.69) is 27.4 Å². The van der Waals surface area contributed by atoms with Crippen molar-refractivity contribution in [2.45, 2.75) is 9.46 Å². The Balaban J connectivity index is 1.45. The zero-order chi connectivity index (χ0) is 12.2. The quantitative estimate of drug-likeness (QED) is 0.801. The lowest BCUT2D eigenvalue weighted by Crippen LogP contribution is -2.39. The van der Waals surface area contributed by atoms with Crippen LogP contribution in [0.1, 0.15) is 0 Å². The molecule has 0 aliphatic carbocycles. The van der Waals surface area contributed by atoms with Crippen LogP contribution >= 0.6 is 34.9 Å². The van der Waals surface area contributed by atoms with E-state index in [1.807, 2.05) is 34.9 Å². The first-order valence-corrected chi connectivity index (χ1v) is 8.86. The van der Waals surface area contributed by atoms with Crippen LogP contribution in [0.2, 0.25) is 0 Å². The predicted octanol–water partition coefficient (Wildman–Crippen LogP) is 2.64. The molecule has 1 aromatic rings. The second-order valence-electron chi connectivity index (χ2n) is 4.21. The van der Waals surface area contributed by atoms with E-state index in [-0.39, 0.29) is 0 Å². The molecule has 1 fully saturated rings. The number of hydrogen-bond donors (Lipinski definition) is 0. The molecule has 1 saturated heterocycles. The number of morpholine rings is 1. The van der Waals surface area contributed by atoms with Crippen molar-refractivity contribution in [1.82, 2.24) is 4.90 Å². The van der Waals surface area contributed by atoms with E-state index in [0.29, 0.717) is 5.25 Å². The van der Waals surface area contributed by atoms with Crippen LogP contribution in [-0.4, -0.2) is 53.9 Å². The van der Waals surface area contributed by atoms with E-state index in [4.69, 9.17) is 4.74 Å². The topological polar surface area (TPSA) is 24.8 Å². The predicted molar refractivity (Wildman–Crippen MR) is 81.1 cm³/mol. The van der Waals surface area contributed by atoms with Crippen molar-refractivity contribution in [2.24, 2.45) is 4.99 Å². The van der Waals surface area contributed by atoms with Crippen LogP contribution in [0.5, 0.6) is 0 Å². The number of aliphatic imine (C=N–C) groups is 1. The molecule has 0 saturated carbocycles. The van der Waals surface area contributed by atoms with E-state index in [0.717, 1.165) is 38.6 Å². The van der Waals surface area contributed by atoms with Crippen molar-refractivity contribution in [2.75, 3.05) is 38.6 Å². The monoisotopic (exact) mass is 300 g/mol. The summed E-state index contributed by atoms with van der Waals surface area (Å²) in [6.07, 6.45) is 0. The van der Waals surface area contributed by atoms with Gasteiger partial charge in [0, 0.05) is 24.1 Å². The number of thiophene rings is 1. The number of nitrogens with zero attached hydrogens (tertiary/aromatic N) is 2. The first-order chi connectivity index (χ1) is 8.92. The summed E-state index contributed by atoms with van der Waals surface area (Å²) in [6, 6.07) is 4.31. The molecule has 0 spiro atoms. The Morgan fingerprint density at radius 3 is 3.11 bits per heavy atom. The van der Waals surface area contributed by atoms with Crippen LogP contribution in [0.4, 0.5) is 0 Å². The van der Waals surface area contributed by atoms with Gasteiger partial charge in [-0.2, -0.15) is 0 Å². The van der Waals surface area contributed by atoms with Gasteiger partial charge in [-0.25, -0.2) is 0 Å². The van der Waals surface area contributed by atoms with Crippen LogP contribution in [0, 0.1) is 0 Å². The molecule has 0 N–H and O–H groups in total. The fraction of sp³-hybridized carbons (Fsp3) is 0.583. The highest BCUT2D eigenvalue weighted by atomic mass is 32.2. The lowest BCUT2D eigenvalue weighted by Gasteiger charge is -2.28. The number of amidine groups is 1. The molecule has 3 nitrogen and oxygen atoms in total. The van der Waals surface area contributed by atoms with Gasteiger partial charge in [-0.15, -0.1) is 23.1 Å². The largest absolute Gasteiger partial charge is 0.378 e. The number of ether oxygens (including phenoxy) is 1. The van der Waals surface area contributed by atoms with Crippen molar-refractivity contribution in [3.63, 3.8) is 0 Å². The van der Waals surface area contributed by atoms with Gasteiger partial charge in [-0.1, -0.05) is 17.8 Å². The molecule has 2 aliphatic heterocycles. The molecule has 1 aromatic heterocycles. The Kier molecular flexibility index (Phi) is 4.51. The highest BCUT2D eigenvalue weighted by Gasteiger charge is 2.25. The fourth-order valence-corrected chi connectivity index (χ4v) is 5.07. The maximum Gasteiger partial charge on any atom is 0.159 e. The zero-order valence-corrected chi connectivity index (χ0v) is 12.5. The van der Waals surface area contributed by atoms with E-state index >= 15 is 0 Å². The third kappa shape index (κ3) is 3.23. The van der Waals surface area contributed by atoms with Crippen molar-refractivity contribution >= 4 is 40.0 Å². The van der Waals surface area contributed by atoms with Crippen LogP contribution in [0.15, 0.2) is 26.7 Å². The molecule has 0 radical (unpaired) electrons. The van der Waals surface area contributed by atoms with Gasteiger partial charge in [0.15, 0.2) is 5.17 Å². The van der Waals surface area contributed by atoms with Crippen molar-refractivity contribution in [1.29, 1.82) is 0 Å². The second-order valence-corrected chi connectivity index (χ2v) is 7.74. The van der Waals surface area contributed by atoms with Crippen LogP contribution in [-0.2, 0) is 4.74 Å². The molecule has 18 heavy (non-hydrogen) atoms. The van der Waals surface area contributed by atoms with Crippen molar-refractivity contribution in [3.05, 3.63) is 17.5 Å². The van der Waals surface area contributed by atoms with E-state index in [1.165, 1.54) is 9.38 Å². The normalized spacial score (nSPS) is 24.3. The van der Waals surface area contributed by atoms with Gasteiger partial charge in [0.2, 0.25) is 0 Å². The molecule has 3 heterocycles. The summed E-state index contributed by atoms with van der Waals surface area (Å²) in [4.78, 5) is 7.05. The smallest absolute Gasteiger partial charge is 0.159 e. The molecule has 6 heteroatoms. The summed E-state index contributed by atoms with van der Waals surface area (Å²) in [5.41, 5.74) is 0. The average Bonchev–Trinajstić information content (AvgIpc) is 3.09. The third-order valence-corrected chi connectivity index (χ3v) is 6.64. The highest BCUT2D eigenvalue weighted by molar-refractivity contribution is 8.15. The van der Waals surface area contributed by atoms with Gasteiger partial charge in [0.25, 0.3) is 0 Å². The molecule has 0 bridgehead atoms. The Hall–Kier alpha value is -0.170. The van der Waals surface area contributed by atoms with Crippen LogP contribution in [0.25, 0.3) is 0 Å². The summed E-state index contributed by atoms with van der Waals surface area (Å²) in [5, 5.41) is 4.00. The van der Waals surface area contributed by atoms with Crippen LogP contribution < -0.4 is 0 Å². The summed E-state index contributed by atoms with van der Waals surface area (Å²) < 4.78 is 6.79. The lowest BCUT2D eigenvalue weighted by atomic mass is 10.4. The zero-order valence-electron chi connectivity index (χ0n) is 10.1. The molecule has 0 amide bonds. The van der Waals surface area contributed by atoms with Gasteiger partial charge in [-0.05, 0) is 11.4 Å². The first kappa shape index (κ1) is 12.8. The number of hydrogen-bond acceptors (Lipinski definition) is 6. The summed E-state index contributed by atoms with van der Waals surface area (Å²) >= 11 is 5.72. The molecule has 2 aliphatic rings. The minimum atomic E-state index is 0.634. The van der Waals surface area contributed by atoms with Gasteiger partial charge < -0.3 is 9.64 Å². The molecule has 98 valence electrons. The molecular formula is C12H16N2OS3. The SMILES string of the molecule is c1csc(SCC2CN=C(N3CCOCC3)S2)c1. The molecule has 3 rings (SSSR count). The molecule has 1 atom stereocenters. The van der Waals surface area contributed by atoms with Gasteiger partial charge >= 0.3 is 0 Å². The molecule has 0 aromatic carbocycles. The minimum Gasteiger partial charge on any atom is -0.378 e. The van der Waals surface area contributed by atoms with Crippen molar-refractivity contribution < 1.29 is 4.74 Å². The standard InChI is InChI=1S/C12H16N2OS3/c1-2-11(16-7-1)17-9-10-8-13-12(18-10)14-3-5-15-6-4-14/h1-2,7,10H,3-6,8-9H2. The maximum absolute atomic E-state index is 5.37. The highest BCUT2D eigenvalue weighted by Crippen LogP contribution is 2.31. The Labute approximate surface area is 120 Å². The Morgan fingerprint density at radius 2 is 2.33 bits per heavy atom. The minimum absolute atomic E-state index is 0.634. The van der Waals surface area contributed by atoms with Gasteiger partial charge in [0.1, 0.15) is 0 Å². The summed E-state index contributed by atoms with van der Waals surface area (Å²) in [6.45, 7) is 4.64. The molecular weight excluding hydrogens is 284 g/mol. The average molecular weight is 300 g/mol. The fourth-order valence-electron chi connectivity index (χ4n) is 1.94. The van der Waals surface area contributed by atoms with Crippen LogP contribution in [0.3, 0.4) is 0 Å². The van der Waals surface area contributed by atoms with Crippen molar-refractivity contribution in [3.8, 4) is 0 Å². The molecule has 1 unspecified atom stereocenters. The summed E-state index contributed by atoms with van der Waals surface area (Å²) in [7, 11) is 0. The van der Waals surface area contributed by atoms with Gasteiger partial charge in [-0.3, -0.25) is 4.99 Å².